The summed E-state index contributed by atoms with van der Waals surface area (Å²) >= 11 is 4.57. The van der Waals surface area contributed by atoms with Crippen LogP contribution in [0.15, 0.2) is 0 Å². The Bertz CT molecular complexity index is 278. The number of carbonyl (C=O) groups is 1. The van der Waals surface area contributed by atoms with Crippen molar-refractivity contribution >= 4 is 51.0 Å². The lowest BCUT2D eigenvalue weighted by Gasteiger charge is -2.30. The van der Waals surface area contributed by atoms with E-state index in [4.69, 9.17) is 4.74 Å². The molecule has 0 saturated heterocycles. The van der Waals surface area contributed by atoms with Crippen LogP contribution in [-0.4, -0.2) is 20.4 Å². The number of ketones is 1. The molecule has 0 spiro atoms. The van der Waals surface area contributed by atoms with E-state index in [1.807, 2.05) is 0 Å². The third-order valence-electron chi connectivity index (χ3n) is 4.47. The number of carbonyl (C=O) groups excluding carboxylic acids is 1. The number of unbranched alkanes of at least 4 members (excludes halogenated alkanes) is 4. The predicted molar refractivity (Wildman–Crippen MR) is 107 cm³/mol. The number of ether oxygens (including phenoxy) is 1. The van der Waals surface area contributed by atoms with Gasteiger partial charge in [-0.2, -0.15) is 0 Å². The van der Waals surface area contributed by atoms with Crippen LogP contribution in [0.2, 0.25) is 0 Å². The summed E-state index contributed by atoms with van der Waals surface area (Å²) in [4.78, 5) is 12.7. The molecule has 1 saturated carbocycles. The first-order valence-electron chi connectivity index (χ1n) is 8.56. The molecular weight excluding hydrogens is 490 g/mol. The van der Waals surface area contributed by atoms with Crippen LogP contribution in [0.25, 0.3) is 0 Å². The summed E-state index contributed by atoms with van der Waals surface area (Å²) in [5.41, 5.74) is 0. The molecule has 0 amide bonds. The van der Waals surface area contributed by atoms with Gasteiger partial charge in [0.15, 0.2) is 5.78 Å². The maximum absolute atomic E-state index is 12.7. The van der Waals surface area contributed by atoms with Crippen molar-refractivity contribution in [3.63, 3.8) is 0 Å². The summed E-state index contributed by atoms with van der Waals surface area (Å²) in [6.07, 6.45) is 13.4. The van der Waals surface area contributed by atoms with Gasteiger partial charge in [-0.15, -0.1) is 0 Å². The first-order valence-corrected chi connectivity index (χ1v) is 11.3. The molecule has 0 aromatic rings. The maximum atomic E-state index is 12.7. The molecule has 2 nitrogen and oxygen atoms in total. The Labute approximate surface area is 157 Å². The van der Waals surface area contributed by atoms with Gasteiger partial charge >= 0.3 is 0 Å². The average Bonchev–Trinajstić information content (AvgIpc) is 2.52. The molecule has 1 rings (SSSR count). The molecule has 21 heavy (non-hydrogen) atoms. The van der Waals surface area contributed by atoms with Gasteiger partial charge in [0, 0.05) is 0 Å². The highest BCUT2D eigenvalue weighted by atomic mass is 127. The lowest BCUT2D eigenvalue weighted by atomic mass is 9.83. The summed E-state index contributed by atoms with van der Waals surface area (Å²) in [5, 5.41) is 0. The summed E-state index contributed by atoms with van der Waals surface area (Å²) < 4.78 is 6.61. The molecule has 2 atom stereocenters. The topological polar surface area (TPSA) is 26.3 Å². The molecule has 1 aliphatic rings. The van der Waals surface area contributed by atoms with Gasteiger partial charge in [0.25, 0.3) is 0 Å². The van der Waals surface area contributed by atoms with Gasteiger partial charge in [0.1, 0.15) is 6.10 Å². The van der Waals surface area contributed by atoms with E-state index in [1.54, 1.807) is 0 Å². The Morgan fingerprint density at radius 2 is 1.81 bits per heavy atom. The molecule has 0 N–H and O–H groups in total. The monoisotopic (exact) mass is 520 g/mol. The summed E-state index contributed by atoms with van der Waals surface area (Å²) in [6.45, 7) is 2.24. The number of rotatable bonds is 11. The summed E-state index contributed by atoms with van der Waals surface area (Å²) in [5.74, 6) is 0.827. The van der Waals surface area contributed by atoms with Gasteiger partial charge in [-0.1, -0.05) is 103 Å². The smallest absolute Gasteiger partial charge is 0.174 e. The molecule has 1 aliphatic carbocycles. The number of Topliss-reactive ketones (excluding diaryl/α,β-unsaturated/α-hetero) is 1. The van der Waals surface area contributed by atoms with E-state index in [0.717, 1.165) is 6.42 Å². The fourth-order valence-electron chi connectivity index (χ4n) is 3.20. The number of halogens is 2. The zero-order valence-corrected chi connectivity index (χ0v) is 17.6. The largest absolute Gasteiger partial charge is 0.360 e. The third-order valence-corrected chi connectivity index (χ3v) is 6.07. The van der Waals surface area contributed by atoms with Crippen molar-refractivity contribution in [2.75, 3.05) is 4.61 Å². The molecule has 2 unspecified atom stereocenters. The Morgan fingerprint density at radius 1 is 1.14 bits per heavy atom. The summed E-state index contributed by atoms with van der Waals surface area (Å²) in [6, 6.07) is 0. The highest BCUT2D eigenvalue weighted by Crippen LogP contribution is 2.31. The minimum absolute atomic E-state index is 0.138. The van der Waals surface area contributed by atoms with Crippen LogP contribution >= 0.6 is 45.2 Å². The van der Waals surface area contributed by atoms with Crippen molar-refractivity contribution < 1.29 is 9.53 Å². The standard InChI is InChI=1S/C17H30I2O2/c1-2-3-4-5-9-12-15(19)16(20)17(21-13-18)14-10-7-6-8-11-14/h14-15,17H,2-13H2,1H3. The van der Waals surface area contributed by atoms with Crippen molar-refractivity contribution in [2.45, 2.75) is 87.6 Å². The molecule has 0 aromatic carbocycles. The zero-order chi connectivity index (χ0) is 15.5. The van der Waals surface area contributed by atoms with E-state index < -0.39 is 0 Å². The number of hydrogen-bond donors (Lipinski definition) is 0. The second-order valence-corrected chi connectivity index (χ2v) is 8.29. The predicted octanol–water partition coefficient (Wildman–Crippen LogP) is 6.08. The molecule has 4 heteroatoms. The second kappa shape index (κ2) is 12.5. The van der Waals surface area contributed by atoms with Gasteiger partial charge < -0.3 is 4.74 Å². The van der Waals surface area contributed by atoms with Gasteiger partial charge in [0.2, 0.25) is 0 Å². The number of hydrogen-bond acceptors (Lipinski definition) is 2. The fraction of sp³-hybridized carbons (Fsp3) is 0.941. The van der Waals surface area contributed by atoms with Crippen molar-refractivity contribution in [3.8, 4) is 0 Å². The molecule has 124 valence electrons. The Kier molecular flexibility index (Phi) is 12.0. The van der Waals surface area contributed by atoms with Crippen LogP contribution in [0.1, 0.15) is 77.6 Å². The van der Waals surface area contributed by atoms with Gasteiger partial charge in [-0.05, 0) is 25.2 Å². The summed E-state index contributed by atoms with van der Waals surface area (Å²) in [7, 11) is 0. The lowest BCUT2D eigenvalue weighted by Crippen LogP contribution is -2.38. The van der Waals surface area contributed by atoms with E-state index in [0.29, 0.717) is 16.3 Å². The molecule has 0 radical (unpaired) electrons. The SMILES string of the molecule is CCCCCCCC(I)C(=O)C(OCI)C1CCCCC1. The Hall–Kier alpha value is 1.09. The van der Waals surface area contributed by atoms with Crippen molar-refractivity contribution in [3.05, 3.63) is 0 Å². The quantitative estimate of drug-likeness (QED) is 0.188. The lowest BCUT2D eigenvalue weighted by molar-refractivity contribution is -0.132. The molecular formula is C17H30I2O2. The molecule has 0 bridgehead atoms. The van der Waals surface area contributed by atoms with Crippen LogP contribution < -0.4 is 0 Å². The minimum Gasteiger partial charge on any atom is -0.360 e. The molecule has 1 fully saturated rings. The molecule has 0 heterocycles. The van der Waals surface area contributed by atoms with Crippen molar-refractivity contribution in [1.29, 1.82) is 0 Å². The minimum atomic E-state index is -0.139. The van der Waals surface area contributed by atoms with E-state index in [1.165, 1.54) is 64.2 Å². The van der Waals surface area contributed by atoms with Gasteiger partial charge in [-0.3, -0.25) is 4.79 Å². The van der Waals surface area contributed by atoms with Gasteiger partial charge in [-0.25, -0.2) is 0 Å². The maximum Gasteiger partial charge on any atom is 0.174 e. The van der Waals surface area contributed by atoms with E-state index in [-0.39, 0.29) is 10.0 Å². The average molecular weight is 520 g/mol. The van der Waals surface area contributed by atoms with Crippen LogP contribution in [0.3, 0.4) is 0 Å². The van der Waals surface area contributed by atoms with Crippen LogP contribution in [-0.2, 0) is 9.53 Å². The second-order valence-electron chi connectivity index (χ2n) is 6.17. The van der Waals surface area contributed by atoms with Crippen LogP contribution in [0.4, 0.5) is 0 Å². The van der Waals surface area contributed by atoms with E-state index in [2.05, 4.69) is 52.1 Å². The zero-order valence-electron chi connectivity index (χ0n) is 13.3. The highest BCUT2D eigenvalue weighted by Gasteiger charge is 2.33. The van der Waals surface area contributed by atoms with E-state index >= 15 is 0 Å². The Morgan fingerprint density at radius 3 is 2.43 bits per heavy atom. The third kappa shape index (κ3) is 7.95. The molecule has 0 aliphatic heterocycles. The van der Waals surface area contributed by atoms with Crippen molar-refractivity contribution in [1.82, 2.24) is 0 Å². The first kappa shape index (κ1) is 20.1. The van der Waals surface area contributed by atoms with Crippen molar-refractivity contribution in [2.24, 2.45) is 5.92 Å². The van der Waals surface area contributed by atoms with Crippen LogP contribution in [0.5, 0.6) is 0 Å². The van der Waals surface area contributed by atoms with Crippen LogP contribution in [0, 0.1) is 5.92 Å². The first-order chi connectivity index (χ1) is 10.2. The number of alkyl halides is 2. The Balaban J connectivity index is 2.39. The fourth-order valence-corrected chi connectivity index (χ4v) is 4.39. The highest BCUT2D eigenvalue weighted by molar-refractivity contribution is 14.1. The van der Waals surface area contributed by atoms with Gasteiger partial charge in [0.05, 0.1) is 8.54 Å². The molecule has 0 aromatic heterocycles. The normalized spacial score (nSPS) is 19.4. The van der Waals surface area contributed by atoms with E-state index in [9.17, 15) is 4.79 Å².